The summed E-state index contributed by atoms with van der Waals surface area (Å²) in [7, 11) is 0. The van der Waals surface area contributed by atoms with Crippen LogP contribution < -0.4 is 5.32 Å². The summed E-state index contributed by atoms with van der Waals surface area (Å²) < 4.78 is 4.98. The molecule has 0 radical (unpaired) electrons. The molecular weight excluding hydrogens is 228 g/mol. The van der Waals surface area contributed by atoms with Crippen LogP contribution in [0.4, 0.5) is 0 Å². The number of aromatic nitrogens is 1. The number of benzene rings is 1. The molecule has 1 aromatic heterocycles. The normalized spacial score (nSPS) is 10.2. The van der Waals surface area contributed by atoms with Crippen LogP contribution in [0, 0.1) is 0 Å². The molecule has 0 aliphatic carbocycles. The molecule has 2 aromatic rings. The first-order chi connectivity index (χ1) is 8.81. The zero-order valence-electron chi connectivity index (χ0n) is 10.1. The van der Waals surface area contributed by atoms with E-state index in [1.54, 1.807) is 0 Å². The van der Waals surface area contributed by atoms with Gasteiger partial charge in [-0.05, 0) is 30.7 Å². The van der Waals surface area contributed by atoms with E-state index in [-0.39, 0.29) is 5.91 Å². The highest BCUT2D eigenvalue weighted by Gasteiger charge is 2.05. The van der Waals surface area contributed by atoms with Gasteiger partial charge >= 0.3 is 0 Å². The Balaban J connectivity index is 1.89. The third-order valence-corrected chi connectivity index (χ3v) is 2.66. The molecule has 0 fully saturated rings. The van der Waals surface area contributed by atoms with Crippen LogP contribution in [-0.4, -0.2) is 24.0 Å². The van der Waals surface area contributed by atoms with Gasteiger partial charge in [0, 0.05) is 29.2 Å². The quantitative estimate of drug-likeness (QED) is 0.605. The van der Waals surface area contributed by atoms with Crippen LogP contribution in [0.5, 0.6) is 0 Å². The first-order valence-corrected chi connectivity index (χ1v) is 5.89. The standard InChI is InChI=1S/C14H16N2O2/c1-2-18-9-3-7-16-14(17)12-4-5-13-11(10-12)6-8-15-13/h2,4-6,8,10,15H,1,3,7,9H2,(H,16,17). The Bertz CT molecular complexity index is 545. The van der Waals surface area contributed by atoms with Gasteiger partial charge < -0.3 is 15.0 Å². The number of aromatic amines is 1. The molecule has 94 valence electrons. The Morgan fingerprint density at radius 2 is 2.33 bits per heavy atom. The number of hydrogen-bond acceptors (Lipinski definition) is 2. The molecule has 0 spiro atoms. The fourth-order valence-electron chi connectivity index (χ4n) is 1.74. The molecule has 0 atom stereocenters. The molecule has 0 aliphatic rings. The monoisotopic (exact) mass is 244 g/mol. The van der Waals surface area contributed by atoms with Crippen LogP contribution in [0.15, 0.2) is 43.3 Å². The molecule has 0 bridgehead atoms. The zero-order valence-corrected chi connectivity index (χ0v) is 10.1. The highest BCUT2D eigenvalue weighted by atomic mass is 16.5. The summed E-state index contributed by atoms with van der Waals surface area (Å²) in [6, 6.07) is 7.55. The van der Waals surface area contributed by atoms with Crippen molar-refractivity contribution in [3.05, 3.63) is 48.9 Å². The fourth-order valence-corrected chi connectivity index (χ4v) is 1.74. The molecule has 1 amide bonds. The Morgan fingerprint density at radius 1 is 1.44 bits per heavy atom. The van der Waals surface area contributed by atoms with Crippen molar-refractivity contribution in [2.75, 3.05) is 13.2 Å². The van der Waals surface area contributed by atoms with E-state index in [4.69, 9.17) is 4.74 Å². The van der Waals surface area contributed by atoms with Crippen molar-refractivity contribution in [1.29, 1.82) is 0 Å². The van der Waals surface area contributed by atoms with E-state index in [1.807, 2.05) is 30.5 Å². The third-order valence-electron chi connectivity index (χ3n) is 2.66. The predicted octanol–water partition coefficient (Wildman–Crippen LogP) is 2.45. The maximum Gasteiger partial charge on any atom is 0.251 e. The number of ether oxygens (including phenoxy) is 1. The number of nitrogens with one attached hydrogen (secondary N) is 2. The van der Waals surface area contributed by atoms with Gasteiger partial charge in [0.15, 0.2) is 0 Å². The van der Waals surface area contributed by atoms with Crippen LogP contribution >= 0.6 is 0 Å². The minimum atomic E-state index is -0.0586. The largest absolute Gasteiger partial charge is 0.502 e. The maximum atomic E-state index is 11.9. The smallest absolute Gasteiger partial charge is 0.251 e. The van der Waals surface area contributed by atoms with Crippen molar-refractivity contribution in [2.45, 2.75) is 6.42 Å². The maximum absolute atomic E-state index is 11.9. The summed E-state index contributed by atoms with van der Waals surface area (Å²) in [6.07, 6.45) is 4.03. The van der Waals surface area contributed by atoms with Crippen LogP contribution in [0.2, 0.25) is 0 Å². The van der Waals surface area contributed by atoms with E-state index < -0.39 is 0 Å². The molecule has 0 saturated carbocycles. The van der Waals surface area contributed by atoms with Crippen LogP contribution in [0.3, 0.4) is 0 Å². The summed E-state index contributed by atoms with van der Waals surface area (Å²) in [6.45, 7) is 4.62. The number of H-pyrrole nitrogens is 1. The van der Waals surface area contributed by atoms with Crippen LogP contribution in [0.1, 0.15) is 16.8 Å². The molecule has 1 aromatic carbocycles. The summed E-state index contributed by atoms with van der Waals surface area (Å²) in [5.74, 6) is -0.0586. The van der Waals surface area contributed by atoms with E-state index in [0.717, 1.165) is 17.3 Å². The van der Waals surface area contributed by atoms with Crippen LogP contribution in [0.25, 0.3) is 10.9 Å². The Morgan fingerprint density at radius 3 is 3.17 bits per heavy atom. The zero-order chi connectivity index (χ0) is 12.8. The lowest BCUT2D eigenvalue weighted by Crippen LogP contribution is -2.25. The molecule has 0 unspecified atom stereocenters. The summed E-state index contributed by atoms with van der Waals surface area (Å²) >= 11 is 0. The lowest BCUT2D eigenvalue weighted by Gasteiger charge is -2.05. The van der Waals surface area contributed by atoms with Gasteiger partial charge in [0.05, 0.1) is 12.9 Å². The van der Waals surface area contributed by atoms with Crippen molar-refractivity contribution in [3.8, 4) is 0 Å². The molecule has 4 heteroatoms. The lowest BCUT2D eigenvalue weighted by atomic mass is 10.1. The van der Waals surface area contributed by atoms with Gasteiger partial charge in [0.2, 0.25) is 0 Å². The second-order valence-corrected chi connectivity index (χ2v) is 3.93. The number of carbonyl (C=O) groups is 1. The van der Waals surface area contributed by atoms with Crippen molar-refractivity contribution in [1.82, 2.24) is 10.3 Å². The number of amides is 1. The molecule has 1 heterocycles. The van der Waals surface area contributed by atoms with Gasteiger partial charge in [-0.15, -0.1) is 0 Å². The first-order valence-electron chi connectivity index (χ1n) is 5.89. The number of fused-ring (bicyclic) bond motifs is 1. The van der Waals surface area contributed by atoms with E-state index in [9.17, 15) is 4.79 Å². The first kappa shape index (κ1) is 12.2. The Kier molecular flexibility index (Phi) is 4.02. The molecule has 0 aliphatic heterocycles. The Labute approximate surface area is 106 Å². The number of carbonyl (C=O) groups excluding carboxylic acids is 1. The molecule has 18 heavy (non-hydrogen) atoms. The molecule has 0 saturated heterocycles. The van der Waals surface area contributed by atoms with Crippen molar-refractivity contribution in [2.24, 2.45) is 0 Å². The molecule has 2 rings (SSSR count). The Hall–Kier alpha value is -2.23. The average Bonchev–Trinajstić information content (AvgIpc) is 2.85. The van der Waals surface area contributed by atoms with Gasteiger partial charge in [-0.25, -0.2) is 0 Å². The number of hydrogen-bond donors (Lipinski definition) is 2. The van der Waals surface area contributed by atoms with Crippen molar-refractivity contribution < 1.29 is 9.53 Å². The minimum Gasteiger partial charge on any atom is -0.502 e. The lowest BCUT2D eigenvalue weighted by molar-refractivity contribution is 0.0950. The van der Waals surface area contributed by atoms with Gasteiger partial charge in [0.25, 0.3) is 5.91 Å². The van der Waals surface area contributed by atoms with Crippen molar-refractivity contribution >= 4 is 16.8 Å². The highest BCUT2D eigenvalue weighted by molar-refractivity contribution is 5.98. The molecular formula is C14H16N2O2. The van der Waals surface area contributed by atoms with E-state index >= 15 is 0 Å². The minimum absolute atomic E-state index is 0.0586. The van der Waals surface area contributed by atoms with E-state index in [0.29, 0.717) is 18.7 Å². The van der Waals surface area contributed by atoms with Crippen molar-refractivity contribution in [3.63, 3.8) is 0 Å². The topological polar surface area (TPSA) is 54.1 Å². The molecule has 4 nitrogen and oxygen atoms in total. The average molecular weight is 244 g/mol. The van der Waals surface area contributed by atoms with Gasteiger partial charge in [-0.3, -0.25) is 4.79 Å². The summed E-state index contributed by atoms with van der Waals surface area (Å²) in [5.41, 5.74) is 1.71. The van der Waals surface area contributed by atoms with Gasteiger partial charge in [-0.2, -0.15) is 0 Å². The highest BCUT2D eigenvalue weighted by Crippen LogP contribution is 2.14. The van der Waals surface area contributed by atoms with Crippen LogP contribution in [-0.2, 0) is 4.74 Å². The predicted molar refractivity (Wildman–Crippen MR) is 71.4 cm³/mol. The van der Waals surface area contributed by atoms with Gasteiger partial charge in [-0.1, -0.05) is 6.58 Å². The third kappa shape index (κ3) is 2.91. The molecule has 2 N–H and O–H groups in total. The second kappa shape index (κ2) is 5.91. The second-order valence-electron chi connectivity index (χ2n) is 3.93. The fraction of sp³-hybridized carbons (Fsp3) is 0.214. The summed E-state index contributed by atoms with van der Waals surface area (Å²) in [5, 5.41) is 3.89. The SMILES string of the molecule is C=COCCCNC(=O)c1ccc2[nH]ccc2c1. The van der Waals surface area contributed by atoms with Gasteiger partial charge in [0.1, 0.15) is 0 Å². The summed E-state index contributed by atoms with van der Waals surface area (Å²) in [4.78, 5) is 15.0. The number of rotatable bonds is 6. The van der Waals surface area contributed by atoms with E-state index in [1.165, 1.54) is 6.26 Å². The van der Waals surface area contributed by atoms with E-state index in [2.05, 4.69) is 16.9 Å².